The largest absolute Gasteiger partial charge is 0.341 e. The fraction of sp³-hybridized carbons (Fsp3) is 0.737. The fourth-order valence-electron chi connectivity index (χ4n) is 3.95. The number of hydrogen-bond acceptors (Lipinski definition) is 4. The molecule has 24 heavy (non-hydrogen) atoms. The molecule has 0 unspecified atom stereocenters. The standard InChI is InChI=1S/C19H30N4O/c1-14-18(15(2)21-19(20-14)23-12-6-7-13-23)22-17(24)11-10-16-8-4-3-5-9-16/h16H,3-13H2,1-2H3,(H,22,24). The summed E-state index contributed by atoms with van der Waals surface area (Å²) < 4.78 is 0. The molecule has 2 heterocycles. The van der Waals surface area contributed by atoms with Gasteiger partial charge in [0, 0.05) is 19.5 Å². The molecule has 0 bridgehead atoms. The maximum atomic E-state index is 12.3. The van der Waals surface area contributed by atoms with Crippen LogP contribution < -0.4 is 10.2 Å². The molecule has 5 heteroatoms. The number of carbonyl (C=O) groups excluding carboxylic acids is 1. The molecule has 1 aromatic rings. The third-order valence-corrected chi connectivity index (χ3v) is 5.42. The second-order valence-electron chi connectivity index (χ2n) is 7.35. The van der Waals surface area contributed by atoms with Crippen molar-refractivity contribution in [1.82, 2.24) is 9.97 Å². The molecule has 2 fully saturated rings. The molecular formula is C19H30N4O. The van der Waals surface area contributed by atoms with Gasteiger partial charge < -0.3 is 10.2 Å². The minimum atomic E-state index is 0.101. The zero-order chi connectivity index (χ0) is 16.9. The normalized spacial score (nSPS) is 18.8. The maximum absolute atomic E-state index is 12.3. The first-order chi connectivity index (χ1) is 11.6. The van der Waals surface area contributed by atoms with Crippen LogP contribution in [0.5, 0.6) is 0 Å². The summed E-state index contributed by atoms with van der Waals surface area (Å²) in [4.78, 5) is 23.8. The predicted octanol–water partition coefficient (Wildman–Crippen LogP) is 3.99. The molecule has 2 aliphatic rings. The number of hydrogen-bond donors (Lipinski definition) is 1. The smallest absolute Gasteiger partial charge is 0.225 e. The van der Waals surface area contributed by atoms with Crippen LogP contribution in [0.3, 0.4) is 0 Å². The fourth-order valence-corrected chi connectivity index (χ4v) is 3.95. The first kappa shape index (κ1) is 17.2. The molecule has 0 aromatic carbocycles. The predicted molar refractivity (Wildman–Crippen MR) is 97.4 cm³/mol. The minimum Gasteiger partial charge on any atom is -0.341 e. The van der Waals surface area contributed by atoms with Gasteiger partial charge in [0.1, 0.15) is 0 Å². The third-order valence-electron chi connectivity index (χ3n) is 5.42. The third kappa shape index (κ3) is 4.25. The number of anilines is 2. The summed E-state index contributed by atoms with van der Waals surface area (Å²) in [5.74, 6) is 1.65. The lowest BCUT2D eigenvalue weighted by Gasteiger charge is -2.21. The summed E-state index contributed by atoms with van der Waals surface area (Å²) in [6.07, 6.45) is 10.6. The van der Waals surface area contributed by atoms with E-state index in [0.29, 0.717) is 6.42 Å². The molecular weight excluding hydrogens is 300 g/mol. The Labute approximate surface area is 145 Å². The van der Waals surface area contributed by atoms with Gasteiger partial charge in [-0.1, -0.05) is 32.1 Å². The van der Waals surface area contributed by atoms with Gasteiger partial charge in [-0.05, 0) is 39.0 Å². The maximum Gasteiger partial charge on any atom is 0.225 e. The Hall–Kier alpha value is -1.65. The van der Waals surface area contributed by atoms with Crippen molar-refractivity contribution in [2.45, 2.75) is 71.6 Å². The lowest BCUT2D eigenvalue weighted by molar-refractivity contribution is -0.116. The minimum absolute atomic E-state index is 0.101. The van der Waals surface area contributed by atoms with Crippen LogP contribution in [0.15, 0.2) is 0 Å². The van der Waals surface area contributed by atoms with Gasteiger partial charge in [-0.25, -0.2) is 9.97 Å². The first-order valence-electron chi connectivity index (χ1n) is 9.53. The summed E-state index contributed by atoms with van der Waals surface area (Å²) in [5.41, 5.74) is 2.54. The number of amides is 1. The molecule has 1 N–H and O–H groups in total. The Morgan fingerprint density at radius 2 is 1.67 bits per heavy atom. The molecule has 0 spiro atoms. The number of nitrogens with one attached hydrogen (secondary N) is 1. The van der Waals surface area contributed by atoms with E-state index in [9.17, 15) is 4.79 Å². The molecule has 0 radical (unpaired) electrons. The molecule has 1 aliphatic heterocycles. The van der Waals surface area contributed by atoms with Gasteiger partial charge in [0.15, 0.2) is 0 Å². The van der Waals surface area contributed by atoms with Crippen molar-refractivity contribution in [2.75, 3.05) is 23.3 Å². The molecule has 1 saturated heterocycles. The summed E-state index contributed by atoms with van der Waals surface area (Å²) in [5, 5.41) is 3.05. The summed E-state index contributed by atoms with van der Waals surface area (Å²) in [7, 11) is 0. The van der Waals surface area contributed by atoms with Crippen molar-refractivity contribution >= 4 is 17.5 Å². The second-order valence-corrected chi connectivity index (χ2v) is 7.35. The highest BCUT2D eigenvalue weighted by Gasteiger charge is 2.19. The van der Waals surface area contributed by atoms with Crippen LogP contribution in [0.25, 0.3) is 0 Å². The van der Waals surface area contributed by atoms with Crippen molar-refractivity contribution in [3.8, 4) is 0 Å². The van der Waals surface area contributed by atoms with Crippen LogP contribution in [0, 0.1) is 19.8 Å². The molecule has 1 aliphatic carbocycles. The quantitative estimate of drug-likeness (QED) is 0.887. The van der Waals surface area contributed by atoms with E-state index >= 15 is 0 Å². The van der Waals surface area contributed by atoms with Crippen molar-refractivity contribution in [2.24, 2.45) is 5.92 Å². The summed E-state index contributed by atoms with van der Waals surface area (Å²) >= 11 is 0. The van der Waals surface area contributed by atoms with Crippen molar-refractivity contribution in [3.05, 3.63) is 11.4 Å². The van der Waals surface area contributed by atoms with E-state index in [0.717, 1.165) is 48.5 Å². The average molecular weight is 330 g/mol. The molecule has 3 rings (SSSR count). The van der Waals surface area contributed by atoms with E-state index in [4.69, 9.17) is 0 Å². The van der Waals surface area contributed by atoms with Crippen molar-refractivity contribution in [3.63, 3.8) is 0 Å². The average Bonchev–Trinajstić information content (AvgIpc) is 3.11. The number of carbonyl (C=O) groups is 1. The highest BCUT2D eigenvalue weighted by Crippen LogP contribution is 2.28. The summed E-state index contributed by atoms with van der Waals surface area (Å²) in [6, 6.07) is 0. The van der Waals surface area contributed by atoms with Gasteiger partial charge in [0.25, 0.3) is 0 Å². The lowest BCUT2D eigenvalue weighted by atomic mass is 9.86. The molecule has 0 atom stereocenters. The van der Waals surface area contributed by atoms with Gasteiger partial charge in [-0.3, -0.25) is 4.79 Å². The van der Waals surface area contributed by atoms with E-state index in [-0.39, 0.29) is 5.91 Å². The number of rotatable bonds is 5. The van der Waals surface area contributed by atoms with Crippen LogP contribution in [0.1, 0.15) is 69.2 Å². The Kier molecular flexibility index (Phi) is 5.69. The zero-order valence-corrected chi connectivity index (χ0v) is 15.1. The van der Waals surface area contributed by atoms with Crippen LogP contribution in [-0.4, -0.2) is 29.0 Å². The van der Waals surface area contributed by atoms with Crippen LogP contribution in [-0.2, 0) is 4.79 Å². The molecule has 1 aromatic heterocycles. The van der Waals surface area contributed by atoms with Gasteiger partial charge >= 0.3 is 0 Å². The highest BCUT2D eigenvalue weighted by molar-refractivity contribution is 5.91. The molecule has 5 nitrogen and oxygen atoms in total. The lowest BCUT2D eigenvalue weighted by Crippen LogP contribution is -2.22. The second kappa shape index (κ2) is 7.95. The van der Waals surface area contributed by atoms with Gasteiger partial charge in [0.05, 0.1) is 17.1 Å². The number of aromatic nitrogens is 2. The Bertz CT molecular complexity index is 552. The first-order valence-corrected chi connectivity index (χ1v) is 9.53. The van der Waals surface area contributed by atoms with E-state index in [1.54, 1.807) is 0 Å². The van der Waals surface area contributed by atoms with Crippen LogP contribution in [0.4, 0.5) is 11.6 Å². The van der Waals surface area contributed by atoms with Crippen LogP contribution in [0.2, 0.25) is 0 Å². The highest BCUT2D eigenvalue weighted by atomic mass is 16.1. The van der Waals surface area contributed by atoms with Crippen LogP contribution >= 0.6 is 0 Å². The molecule has 1 amide bonds. The summed E-state index contributed by atoms with van der Waals surface area (Å²) in [6.45, 7) is 5.99. The topological polar surface area (TPSA) is 58.1 Å². The van der Waals surface area contributed by atoms with Gasteiger partial charge in [-0.15, -0.1) is 0 Å². The Morgan fingerprint density at radius 3 is 2.29 bits per heavy atom. The van der Waals surface area contributed by atoms with Crippen molar-refractivity contribution < 1.29 is 4.79 Å². The van der Waals surface area contributed by atoms with E-state index in [1.807, 2.05) is 13.8 Å². The Balaban J connectivity index is 1.58. The van der Waals surface area contributed by atoms with Gasteiger partial charge in [-0.2, -0.15) is 0 Å². The van der Waals surface area contributed by atoms with E-state index in [1.165, 1.54) is 44.9 Å². The van der Waals surface area contributed by atoms with E-state index in [2.05, 4.69) is 20.2 Å². The SMILES string of the molecule is Cc1nc(N2CCCC2)nc(C)c1NC(=O)CCC1CCCCC1. The van der Waals surface area contributed by atoms with E-state index < -0.39 is 0 Å². The monoisotopic (exact) mass is 330 g/mol. The Morgan fingerprint density at radius 1 is 1.04 bits per heavy atom. The number of aryl methyl sites for hydroxylation is 2. The van der Waals surface area contributed by atoms with Gasteiger partial charge in [0.2, 0.25) is 11.9 Å². The molecule has 132 valence electrons. The van der Waals surface area contributed by atoms with Crippen molar-refractivity contribution in [1.29, 1.82) is 0 Å². The zero-order valence-electron chi connectivity index (χ0n) is 15.1. The number of nitrogens with zero attached hydrogens (tertiary/aromatic N) is 3. The molecule has 1 saturated carbocycles.